The molecular formula is C19H16ClN3O4. The topological polar surface area (TPSA) is 82.3 Å². The molecule has 0 saturated heterocycles. The lowest BCUT2D eigenvalue weighted by Crippen LogP contribution is -2.41. The summed E-state index contributed by atoms with van der Waals surface area (Å²) in [4.78, 5) is 37.0. The van der Waals surface area contributed by atoms with Crippen molar-refractivity contribution >= 4 is 23.2 Å². The molecule has 1 N–H and O–H groups in total. The number of methoxy groups -OCH3 is 1. The number of benzene rings is 2. The largest absolute Gasteiger partial charge is 0.495 e. The lowest BCUT2D eigenvalue weighted by molar-refractivity contribution is -0.116. The third-order valence-electron chi connectivity index (χ3n) is 3.83. The first kappa shape index (κ1) is 18.5. The Kier molecular flexibility index (Phi) is 5.42. The monoisotopic (exact) mass is 385 g/mol. The molecule has 7 nitrogen and oxygen atoms in total. The SMILES string of the molecule is COc1ccccc1-n1ccn(CC(=O)Nc2cccc(Cl)c2)c(=O)c1=O. The number of rotatable bonds is 5. The first-order valence-electron chi connectivity index (χ1n) is 8.00. The Bertz CT molecular complexity index is 1100. The van der Waals surface area contributed by atoms with Crippen LogP contribution in [0, 0.1) is 0 Å². The number of anilines is 1. The summed E-state index contributed by atoms with van der Waals surface area (Å²) in [6, 6.07) is 13.5. The number of amides is 1. The third-order valence-corrected chi connectivity index (χ3v) is 4.06. The summed E-state index contributed by atoms with van der Waals surface area (Å²) >= 11 is 5.87. The van der Waals surface area contributed by atoms with E-state index in [0.717, 1.165) is 4.57 Å². The summed E-state index contributed by atoms with van der Waals surface area (Å²) in [5, 5.41) is 3.11. The first-order chi connectivity index (χ1) is 13.0. The molecule has 3 aromatic rings. The van der Waals surface area contributed by atoms with E-state index in [1.54, 1.807) is 48.5 Å². The number of halogens is 1. The molecule has 0 atom stereocenters. The van der Waals surface area contributed by atoms with E-state index in [-0.39, 0.29) is 6.54 Å². The Balaban J connectivity index is 1.86. The maximum Gasteiger partial charge on any atom is 0.321 e. The lowest BCUT2D eigenvalue weighted by atomic mass is 10.3. The Morgan fingerprint density at radius 2 is 1.85 bits per heavy atom. The number of carbonyl (C=O) groups excluding carboxylic acids is 1. The van der Waals surface area contributed by atoms with Crippen LogP contribution in [0.25, 0.3) is 5.69 Å². The maximum atomic E-state index is 12.5. The molecule has 27 heavy (non-hydrogen) atoms. The molecule has 1 amide bonds. The Morgan fingerprint density at radius 3 is 2.59 bits per heavy atom. The van der Waals surface area contributed by atoms with Crippen LogP contribution < -0.4 is 21.2 Å². The molecule has 0 aliphatic rings. The van der Waals surface area contributed by atoms with Crippen molar-refractivity contribution in [3.8, 4) is 11.4 Å². The summed E-state index contributed by atoms with van der Waals surface area (Å²) < 4.78 is 7.46. The molecule has 2 aromatic carbocycles. The molecule has 1 aromatic heterocycles. The average molecular weight is 386 g/mol. The second kappa shape index (κ2) is 7.92. The zero-order chi connectivity index (χ0) is 19.4. The minimum atomic E-state index is -0.815. The molecule has 8 heteroatoms. The van der Waals surface area contributed by atoms with Gasteiger partial charge in [-0.05, 0) is 30.3 Å². The Hall–Kier alpha value is -3.32. The predicted octanol–water partition coefficient (Wildman–Crippen LogP) is 2.30. The highest BCUT2D eigenvalue weighted by Gasteiger charge is 2.12. The van der Waals surface area contributed by atoms with Gasteiger partial charge >= 0.3 is 11.1 Å². The highest BCUT2D eigenvalue weighted by atomic mass is 35.5. The van der Waals surface area contributed by atoms with Gasteiger partial charge in [0.25, 0.3) is 0 Å². The number of nitrogens with zero attached hydrogens (tertiary/aromatic N) is 2. The van der Waals surface area contributed by atoms with Crippen LogP contribution in [-0.4, -0.2) is 22.2 Å². The Labute approximate surface area is 159 Å². The van der Waals surface area contributed by atoms with Gasteiger partial charge in [-0.25, -0.2) is 0 Å². The van der Waals surface area contributed by atoms with E-state index in [2.05, 4.69) is 5.32 Å². The minimum absolute atomic E-state index is 0.298. The molecule has 0 aliphatic heterocycles. The zero-order valence-corrected chi connectivity index (χ0v) is 15.1. The second-order valence-electron chi connectivity index (χ2n) is 5.64. The van der Waals surface area contributed by atoms with Gasteiger partial charge in [0, 0.05) is 23.1 Å². The third kappa shape index (κ3) is 4.09. The van der Waals surface area contributed by atoms with Crippen LogP contribution in [0.5, 0.6) is 5.75 Å². The van der Waals surface area contributed by atoms with E-state index >= 15 is 0 Å². The lowest BCUT2D eigenvalue weighted by Gasteiger charge is -2.12. The van der Waals surface area contributed by atoms with Gasteiger partial charge in [-0.2, -0.15) is 0 Å². The second-order valence-corrected chi connectivity index (χ2v) is 6.07. The summed E-state index contributed by atoms with van der Waals surface area (Å²) in [6.07, 6.45) is 2.81. The van der Waals surface area contributed by atoms with Crippen molar-refractivity contribution in [3.63, 3.8) is 0 Å². The molecule has 0 unspecified atom stereocenters. The van der Waals surface area contributed by atoms with Crippen LogP contribution in [0.1, 0.15) is 0 Å². The van der Waals surface area contributed by atoms with E-state index in [1.165, 1.54) is 24.1 Å². The maximum absolute atomic E-state index is 12.5. The van der Waals surface area contributed by atoms with Gasteiger partial charge in [-0.15, -0.1) is 0 Å². The van der Waals surface area contributed by atoms with Crippen LogP contribution in [-0.2, 0) is 11.3 Å². The number of carbonyl (C=O) groups is 1. The summed E-state index contributed by atoms with van der Waals surface area (Å²) in [5.41, 5.74) is -0.650. The molecule has 0 radical (unpaired) electrons. The van der Waals surface area contributed by atoms with E-state index in [0.29, 0.717) is 22.1 Å². The van der Waals surface area contributed by atoms with Crippen LogP contribution in [0.2, 0.25) is 5.02 Å². The van der Waals surface area contributed by atoms with E-state index in [4.69, 9.17) is 16.3 Å². The molecule has 0 bridgehead atoms. The number of nitrogens with one attached hydrogen (secondary N) is 1. The predicted molar refractivity (Wildman–Crippen MR) is 103 cm³/mol. The fourth-order valence-electron chi connectivity index (χ4n) is 2.57. The van der Waals surface area contributed by atoms with Crippen molar-refractivity contribution in [3.05, 3.63) is 86.7 Å². The minimum Gasteiger partial charge on any atom is -0.495 e. The Morgan fingerprint density at radius 1 is 1.07 bits per heavy atom. The van der Waals surface area contributed by atoms with Gasteiger partial charge in [0.15, 0.2) is 0 Å². The molecule has 0 fully saturated rings. The summed E-state index contributed by atoms with van der Waals surface area (Å²) in [5.74, 6) is 0.00394. The van der Waals surface area contributed by atoms with Crippen molar-refractivity contribution in [2.75, 3.05) is 12.4 Å². The van der Waals surface area contributed by atoms with Crippen LogP contribution in [0.15, 0.2) is 70.5 Å². The summed E-state index contributed by atoms with van der Waals surface area (Å²) in [6.45, 7) is -0.298. The number of hydrogen-bond acceptors (Lipinski definition) is 4. The highest BCUT2D eigenvalue weighted by Crippen LogP contribution is 2.20. The van der Waals surface area contributed by atoms with E-state index < -0.39 is 17.0 Å². The smallest absolute Gasteiger partial charge is 0.321 e. The fraction of sp³-hybridized carbons (Fsp3) is 0.105. The van der Waals surface area contributed by atoms with E-state index in [9.17, 15) is 14.4 Å². The van der Waals surface area contributed by atoms with Crippen molar-refractivity contribution < 1.29 is 9.53 Å². The molecule has 138 valence electrons. The molecule has 0 spiro atoms. The quantitative estimate of drug-likeness (QED) is 0.683. The van der Waals surface area contributed by atoms with Crippen LogP contribution in [0.4, 0.5) is 5.69 Å². The van der Waals surface area contributed by atoms with Crippen LogP contribution >= 0.6 is 11.6 Å². The van der Waals surface area contributed by atoms with Crippen molar-refractivity contribution in [2.24, 2.45) is 0 Å². The normalized spacial score (nSPS) is 10.4. The van der Waals surface area contributed by atoms with Crippen molar-refractivity contribution in [1.82, 2.24) is 9.13 Å². The molecular weight excluding hydrogens is 370 g/mol. The molecule has 0 saturated carbocycles. The molecule has 1 heterocycles. The highest BCUT2D eigenvalue weighted by molar-refractivity contribution is 6.30. The summed E-state index contributed by atoms with van der Waals surface area (Å²) in [7, 11) is 1.48. The first-order valence-corrected chi connectivity index (χ1v) is 8.38. The van der Waals surface area contributed by atoms with Gasteiger partial charge in [0.1, 0.15) is 12.3 Å². The molecule has 3 rings (SSSR count). The van der Waals surface area contributed by atoms with Crippen molar-refractivity contribution in [1.29, 1.82) is 0 Å². The van der Waals surface area contributed by atoms with Crippen LogP contribution in [0.3, 0.4) is 0 Å². The standard InChI is InChI=1S/C19H16ClN3O4/c1-27-16-8-3-2-7-15(16)23-10-9-22(18(25)19(23)26)12-17(24)21-14-6-4-5-13(20)11-14/h2-11H,12H2,1H3,(H,21,24). The molecule has 0 aliphatic carbocycles. The van der Waals surface area contributed by atoms with Gasteiger partial charge in [0.2, 0.25) is 5.91 Å². The fourth-order valence-corrected chi connectivity index (χ4v) is 2.76. The van der Waals surface area contributed by atoms with Gasteiger partial charge < -0.3 is 10.1 Å². The van der Waals surface area contributed by atoms with Gasteiger partial charge in [-0.3, -0.25) is 23.5 Å². The van der Waals surface area contributed by atoms with Gasteiger partial charge in [0.05, 0.1) is 12.8 Å². The average Bonchev–Trinajstić information content (AvgIpc) is 2.66. The number of para-hydroxylation sites is 2. The van der Waals surface area contributed by atoms with Gasteiger partial charge in [-0.1, -0.05) is 29.8 Å². The number of hydrogen-bond donors (Lipinski definition) is 1. The zero-order valence-electron chi connectivity index (χ0n) is 14.4. The van der Waals surface area contributed by atoms with Crippen molar-refractivity contribution in [2.45, 2.75) is 6.54 Å². The van der Waals surface area contributed by atoms with E-state index in [1.807, 2.05) is 0 Å². The number of ether oxygens (including phenoxy) is 1. The number of aromatic nitrogens is 2.